The van der Waals surface area contributed by atoms with E-state index in [1.807, 2.05) is 41.4 Å². The number of benzene rings is 2. The molecule has 0 unspecified atom stereocenters. The van der Waals surface area contributed by atoms with Crippen molar-refractivity contribution < 1.29 is 15.0 Å². The second-order valence-electron chi connectivity index (χ2n) is 11.5. The van der Waals surface area contributed by atoms with Crippen LogP contribution in [0.3, 0.4) is 0 Å². The number of phenolic OH excluding ortho intramolecular Hbond substituents is 1. The summed E-state index contributed by atoms with van der Waals surface area (Å²) in [7, 11) is 0. The molecule has 3 fully saturated rings. The highest BCUT2D eigenvalue weighted by Crippen LogP contribution is 2.56. The van der Waals surface area contributed by atoms with Crippen molar-refractivity contribution in [3.63, 3.8) is 0 Å². The highest BCUT2D eigenvalue weighted by molar-refractivity contribution is 5.80. The molecule has 36 heavy (non-hydrogen) atoms. The number of fused-ring (bicyclic) bond motifs is 2. The van der Waals surface area contributed by atoms with Gasteiger partial charge in [-0.1, -0.05) is 24.3 Å². The molecule has 7 rings (SSSR count). The molecular weight excluding hydrogens is 452 g/mol. The molecule has 3 heterocycles. The lowest BCUT2D eigenvalue weighted by molar-refractivity contribution is -0.149. The monoisotopic (exact) mass is 486 g/mol. The first-order chi connectivity index (χ1) is 17.4. The number of carbonyl (C=O) groups is 1. The standard InChI is InChI=1S/C29H34N4O3/c34-23-8-7-21-15-26-29(36)11-14-31(27(35)19-33-18-22-3-1-2-4-25(22)30-33)12-9-28(29,24(21)16-23)10-13-32(26)17-20-5-6-20/h1-4,7-8,16,18,20,26,34,36H,5-6,9-15,17,19H2/t26-,28+,29-/m1/s1. The topological polar surface area (TPSA) is 81.8 Å². The van der Waals surface area contributed by atoms with E-state index in [9.17, 15) is 15.0 Å². The number of rotatable bonds is 4. The van der Waals surface area contributed by atoms with Crippen LogP contribution in [0.1, 0.15) is 43.2 Å². The van der Waals surface area contributed by atoms with Gasteiger partial charge in [0.15, 0.2) is 0 Å². The number of phenols is 1. The van der Waals surface area contributed by atoms with Gasteiger partial charge in [-0.25, -0.2) is 0 Å². The summed E-state index contributed by atoms with van der Waals surface area (Å²) in [5.74, 6) is 1.06. The van der Waals surface area contributed by atoms with Gasteiger partial charge in [0.25, 0.3) is 0 Å². The zero-order valence-corrected chi connectivity index (χ0v) is 20.6. The Hall–Kier alpha value is -2.90. The number of aromatic nitrogens is 2. The van der Waals surface area contributed by atoms with Crippen LogP contribution in [0.25, 0.3) is 10.9 Å². The van der Waals surface area contributed by atoms with Gasteiger partial charge >= 0.3 is 0 Å². The number of nitrogens with zero attached hydrogens (tertiary/aromatic N) is 4. The van der Waals surface area contributed by atoms with Gasteiger partial charge in [0, 0.05) is 42.7 Å². The molecule has 3 aromatic rings. The third-order valence-electron chi connectivity index (χ3n) is 9.54. The molecule has 7 nitrogen and oxygen atoms in total. The average molecular weight is 487 g/mol. The Bertz CT molecular complexity index is 1300. The van der Waals surface area contributed by atoms with Gasteiger partial charge in [-0.2, -0.15) is 5.10 Å². The largest absolute Gasteiger partial charge is 0.508 e. The zero-order chi connectivity index (χ0) is 24.5. The molecule has 1 amide bonds. The van der Waals surface area contributed by atoms with Crippen LogP contribution < -0.4 is 0 Å². The summed E-state index contributed by atoms with van der Waals surface area (Å²) in [5, 5.41) is 28.6. The fourth-order valence-electron chi connectivity index (χ4n) is 7.45. The first kappa shape index (κ1) is 22.3. The van der Waals surface area contributed by atoms with Crippen molar-refractivity contribution in [2.75, 3.05) is 26.2 Å². The number of aromatic hydroxyl groups is 1. The predicted molar refractivity (Wildman–Crippen MR) is 137 cm³/mol. The molecule has 2 N–H and O–H groups in total. The maximum atomic E-state index is 13.4. The number of likely N-dealkylation sites (tertiary alicyclic amines) is 2. The third kappa shape index (κ3) is 3.40. The van der Waals surface area contributed by atoms with Gasteiger partial charge in [0.2, 0.25) is 5.91 Å². The number of hydrogen-bond donors (Lipinski definition) is 2. The smallest absolute Gasteiger partial charge is 0.244 e. The lowest BCUT2D eigenvalue weighted by Gasteiger charge is -2.61. The molecule has 3 atom stereocenters. The molecule has 1 saturated carbocycles. The van der Waals surface area contributed by atoms with Crippen LogP contribution in [-0.2, 0) is 23.2 Å². The van der Waals surface area contributed by atoms with Crippen molar-refractivity contribution >= 4 is 16.8 Å². The Morgan fingerprint density at radius 2 is 1.86 bits per heavy atom. The molecule has 2 aliphatic carbocycles. The molecule has 2 bridgehead atoms. The fraction of sp³-hybridized carbons (Fsp3) is 0.517. The summed E-state index contributed by atoms with van der Waals surface area (Å²) in [6, 6.07) is 13.7. The Morgan fingerprint density at radius 3 is 2.69 bits per heavy atom. The average Bonchev–Trinajstić information content (AvgIpc) is 3.61. The molecule has 188 valence electrons. The predicted octanol–water partition coefficient (Wildman–Crippen LogP) is 3.07. The van der Waals surface area contributed by atoms with Gasteiger partial charge in [0.1, 0.15) is 12.3 Å². The molecule has 0 spiro atoms. The fourth-order valence-corrected chi connectivity index (χ4v) is 7.45. The van der Waals surface area contributed by atoms with E-state index in [4.69, 9.17) is 0 Å². The molecule has 2 saturated heterocycles. The van der Waals surface area contributed by atoms with Gasteiger partial charge in [0.05, 0.1) is 11.1 Å². The van der Waals surface area contributed by atoms with E-state index in [0.29, 0.717) is 25.9 Å². The van der Waals surface area contributed by atoms with Crippen LogP contribution in [-0.4, -0.2) is 73.5 Å². The quantitative estimate of drug-likeness (QED) is 0.592. The molecular formula is C29H34N4O3. The summed E-state index contributed by atoms with van der Waals surface area (Å²) < 4.78 is 1.74. The number of piperidine rings is 1. The summed E-state index contributed by atoms with van der Waals surface area (Å²) in [6.45, 7) is 3.37. The SMILES string of the molecule is O=C(Cn1cc2ccccc2n1)N1CC[C@]23CCN(CC4CC4)[C@H](Cc4ccc(O)cc42)[C@]3(O)CC1. The molecule has 0 radical (unpaired) electrons. The minimum Gasteiger partial charge on any atom is -0.508 e. The van der Waals surface area contributed by atoms with Crippen molar-refractivity contribution in [1.29, 1.82) is 0 Å². The van der Waals surface area contributed by atoms with Crippen LogP contribution in [0.5, 0.6) is 5.75 Å². The summed E-state index contributed by atoms with van der Waals surface area (Å²) in [4.78, 5) is 17.9. The minimum atomic E-state index is -0.920. The van der Waals surface area contributed by atoms with Crippen molar-refractivity contribution in [3.8, 4) is 5.75 Å². The first-order valence-corrected chi connectivity index (χ1v) is 13.4. The van der Waals surface area contributed by atoms with E-state index >= 15 is 0 Å². The summed E-state index contributed by atoms with van der Waals surface area (Å²) in [5.41, 5.74) is 1.86. The number of hydrogen-bond acceptors (Lipinski definition) is 5. The summed E-state index contributed by atoms with van der Waals surface area (Å²) in [6.07, 6.45) is 7.44. The second kappa shape index (κ2) is 8.05. The Kier molecular flexibility index (Phi) is 4.99. The number of amides is 1. The van der Waals surface area contributed by atoms with Crippen LogP contribution >= 0.6 is 0 Å². The van der Waals surface area contributed by atoms with Gasteiger partial charge in [-0.05, 0) is 80.3 Å². The van der Waals surface area contributed by atoms with Crippen molar-refractivity contribution in [3.05, 3.63) is 59.8 Å². The van der Waals surface area contributed by atoms with Crippen LogP contribution in [0.2, 0.25) is 0 Å². The number of aliphatic hydroxyl groups is 1. The highest BCUT2D eigenvalue weighted by atomic mass is 16.3. The van der Waals surface area contributed by atoms with E-state index in [1.165, 1.54) is 18.4 Å². The van der Waals surface area contributed by atoms with Gasteiger partial charge in [-0.15, -0.1) is 0 Å². The van der Waals surface area contributed by atoms with Crippen LogP contribution in [0.15, 0.2) is 48.7 Å². The molecule has 2 aliphatic heterocycles. The lowest BCUT2D eigenvalue weighted by Crippen LogP contribution is -2.71. The maximum Gasteiger partial charge on any atom is 0.244 e. The molecule has 4 aliphatic rings. The maximum absolute atomic E-state index is 13.4. The van der Waals surface area contributed by atoms with E-state index in [0.717, 1.165) is 48.3 Å². The third-order valence-corrected chi connectivity index (χ3v) is 9.54. The Balaban J connectivity index is 1.20. The van der Waals surface area contributed by atoms with Crippen molar-refractivity contribution in [2.45, 2.75) is 62.1 Å². The van der Waals surface area contributed by atoms with Gasteiger partial charge < -0.3 is 15.1 Å². The number of carbonyl (C=O) groups excluding carboxylic acids is 1. The van der Waals surface area contributed by atoms with Crippen molar-refractivity contribution in [2.24, 2.45) is 5.92 Å². The second-order valence-corrected chi connectivity index (χ2v) is 11.5. The first-order valence-electron chi connectivity index (χ1n) is 13.4. The normalized spacial score (nSPS) is 30.0. The van der Waals surface area contributed by atoms with Crippen molar-refractivity contribution in [1.82, 2.24) is 19.6 Å². The van der Waals surface area contributed by atoms with Crippen LogP contribution in [0.4, 0.5) is 0 Å². The molecule has 1 aromatic heterocycles. The van der Waals surface area contributed by atoms with E-state index < -0.39 is 11.0 Å². The van der Waals surface area contributed by atoms with Gasteiger partial charge in [-0.3, -0.25) is 14.4 Å². The minimum absolute atomic E-state index is 0.0435. The summed E-state index contributed by atoms with van der Waals surface area (Å²) >= 11 is 0. The Labute approximate surface area is 211 Å². The molecule has 7 heteroatoms. The highest BCUT2D eigenvalue weighted by Gasteiger charge is 2.63. The van der Waals surface area contributed by atoms with E-state index in [1.54, 1.807) is 10.7 Å². The Morgan fingerprint density at radius 1 is 1.06 bits per heavy atom. The lowest BCUT2D eigenvalue weighted by atomic mass is 9.52. The zero-order valence-electron chi connectivity index (χ0n) is 20.6. The van der Waals surface area contributed by atoms with E-state index in [2.05, 4.69) is 16.1 Å². The molecule has 2 aromatic carbocycles. The van der Waals surface area contributed by atoms with Crippen LogP contribution in [0, 0.1) is 5.92 Å². The van der Waals surface area contributed by atoms with E-state index in [-0.39, 0.29) is 24.2 Å².